The molecule has 1 aromatic heterocycles. The number of pyridine rings is 1. The molecule has 0 fully saturated rings. The van der Waals surface area contributed by atoms with Crippen LogP contribution < -0.4 is 5.32 Å². The topological polar surface area (TPSA) is 62.2 Å². The Kier molecular flexibility index (Phi) is 3.10. The highest BCUT2D eigenvalue weighted by molar-refractivity contribution is 6.35. The second-order valence-corrected chi connectivity index (χ2v) is 3.99. The third-order valence-corrected chi connectivity index (χ3v) is 2.85. The van der Waals surface area contributed by atoms with Crippen LogP contribution >= 0.6 is 11.6 Å². The van der Waals surface area contributed by atoms with Gasteiger partial charge in [-0.3, -0.25) is 0 Å². The molecule has 0 spiro atoms. The first-order valence-electron chi connectivity index (χ1n) is 4.98. The van der Waals surface area contributed by atoms with Crippen LogP contribution in [0.25, 0.3) is 0 Å². The maximum Gasteiger partial charge on any atom is 0.337 e. The van der Waals surface area contributed by atoms with Crippen molar-refractivity contribution in [3.8, 4) is 0 Å². The zero-order valence-corrected chi connectivity index (χ0v) is 9.24. The first-order chi connectivity index (χ1) is 7.68. The minimum Gasteiger partial charge on any atom is -0.478 e. The van der Waals surface area contributed by atoms with Crippen LogP contribution in [0.4, 0.5) is 5.82 Å². The third kappa shape index (κ3) is 2.17. The molecule has 2 rings (SSSR count). The molecular weight excluding hydrogens is 228 g/mol. The Labute approximate surface area is 98.0 Å². The van der Waals surface area contributed by atoms with Crippen LogP contribution in [0.3, 0.4) is 0 Å². The number of carboxylic acid groups (broad SMARTS) is 1. The van der Waals surface area contributed by atoms with E-state index in [1.165, 1.54) is 12.3 Å². The van der Waals surface area contributed by atoms with Gasteiger partial charge in [0.25, 0.3) is 0 Å². The molecule has 1 aliphatic rings. The van der Waals surface area contributed by atoms with Gasteiger partial charge >= 0.3 is 5.97 Å². The zero-order chi connectivity index (χ0) is 11.5. The summed E-state index contributed by atoms with van der Waals surface area (Å²) in [5, 5.41) is 12.2. The van der Waals surface area contributed by atoms with E-state index < -0.39 is 5.97 Å². The van der Waals surface area contributed by atoms with E-state index in [1.54, 1.807) is 0 Å². The van der Waals surface area contributed by atoms with Crippen molar-refractivity contribution in [2.45, 2.75) is 18.9 Å². The molecule has 2 N–H and O–H groups in total. The van der Waals surface area contributed by atoms with Gasteiger partial charge < -0.3 is 10.4 Å². The largest absolute Gasteiger partial charge is 0.478 e. The molecule has 1 heterocycles. The maximum absolute atomic E-state index is 10.9. The van der Waals surface area contributed by atoms with Crippen molar-refractivity contribution in [2.75, 3.05) is 5.32 Å². The van der Waals surface area contributed by atoms with E-state index in [-0.39, 0.29) is 16.6 Å². The number of hydrogen-bond donors (Lipinski definition) is 2. The fraction of sp³-hybridized carbons (Fsp3) is 0.273. The van der Waals surface area contributed by atoms with E-state index in [2.05, 4.69) is 22.5 Å². The Hall–Kier alpha value is -1.55. The molecule has 0 radical (unpaired) electrons. The third-order valence-electron chi connectivity index (χ3n) is 2.47. The van der Waals surface area contributed by atoms with Crippen LogP contribution in [0, 0.1) is 0 Å². The fourth-order valence-electron chi connectivity index (χ4n) is 1.64. The molecule has 0 saturated heterocycles. The summed E-state index contributed by atoms with van der Waals surface area (Å²) in [6.45, 7) is 0. The smallest absolute Gasteiger partial charge is 0.337 e. The number of carbonyl (C=O) groups is 1. The van der Waals surface area contributed by atoms with Gasteiger partial charge in [0.15, 0.2) is 0 Å². The van der Waals surface area contributed by atoms with Crippen LogP contribution in [0.5, 0.6) is 0 Å². The molecule has 0 aromatic carbocycles. The minimum atomic E-state index is -1.04. The molecule has 0 aliphatic heterocycles. The lowest BCUT2D eigenvalue weighted by molar-refractivity contribution is 0.0697. The number of nitrogens with zero attached hydrogens (tertiary/aromatic N) is 1. The first-order valence-corrected chi connectivity index (χ1v) is 5.35. The lowest BCUT2D eigenvalue weighted by Gasteiger charge is -2.14. The molecular formula is C11H11ClN2O2. The number of carboxylic acids is 1. The molecule has 0 amide bonds. The Bertz CT molecular complexity index is 438. The van der Waals surface area contributed by atoms with Crippen LogP contribution in [-0.4, -0.2) is 22.1 Å². The molecule has 1 aromatic rings. The number of rotatable bonds is 3. The zero-order valence-electron chi connectivity index (χ0n) is 8.48. The predicted molar refractivity (Wildman–Crippen MR) is 62.0 cm³/mol. The van der Waals surface area contributed by atoms with Crippen molar-refractivity contribution < 1.29 is 9.90 Å². The lowest BCUT2D eigenvalue weighted by Crippen LogP contribution is -2.17. The summed E-state index contributed by atoms with van der Waals surface area (Å²) < 4.78 is 0. The van der Waals surface area contributed by atoms with Gasteiger partial charge in [-0.15, -0.1) is 0 Å². The normalized spacial score (nSPS) is 15.3. The van der Waals surface area contributed by atoms with Crippen LogP contribution in [0.1, 0.15) is 23.2 Å². The number of aromatic carboxylic acids is 1. The molecule has 1 aliphatic carbocycles. The van der Waals surface area contributed by atoms with Gasteiger partial charge in [-0.1, -0.05) is 23.8 Å². The molecule has 0 unspecified atom stereocenters. The number of anilines is 1. The Morgan fingerprint density at radius 1 is 1.50 bits per heavy atom. The molecule has 4 nitrogen and oxygen atoms in total. The highest BCUT2D eigenvalue weighted by Crippen LogP contribution is 2.26. The van der Waals surface area contributed by atoms with Crippen molar-refractivity contribution >= 4 is 23.4 Å². The summed E-state index contributed by atoms with van der Waals surface area (Å²) in [6.07, 6.45) is 7.42. The van der Waals surface area contributed by atoms with Crippen molar-refractivity contribution in [3.63, 3.8) is 0 Å². The summed E-state index contributed by atoms with van der Waals surface area (Å²) in [4.78, 5) is 14.9. The van der Waals surface area contributed by atoms with Crippen LogP contribution in [-0.2, 0) is 0 Å². The van der Waals surface area contributed by atoms with Gasteiger partial charge in [0, 0.05) is 12.2 Å². The first kappa shape index (κ1) is 11.0. The standard InChI is InChI=1S/C11H11ClN2O2/c12-9-8(11(15)16)5-6-13-10(9)14-7-3-1-2-4-7/h1-2,5-7H,3-4H2,(H,13,14)(H,15,16). The van der Waals surface area contributed by atoms with Gasteiger partial charge in [-0.05, 0) is 18.9 Å². The lowest BCUT2D eigenvalue weighted by atomic mass is 10.2. The van der Waals surface area contributed by atoms with Gasteiger partial charge in [0.05, 0.1) is 10.6 Å². The molecule has 16 heavy (non-hydrogen) atoms. The highest BCUT2D eigenvalue weighted by Gasteiger charge is 2.16. The van der Waals surface area contributed by atoms with E-state index in [9.17, 15) is 4.79 Å². The van der Waals surface area contributed by atoms with Crippen LogP contribution in [0.2, 0.25) is 5.02 Å². The fourth-order valence-corrected chi connectivity index (χ4v) is 1.89. The van der Waals surface area contributed by atoms with E-state index in [0.717, 1.165) is 12.8 Å². The molecule has 0 bridgehead atoms. The molecule has 0 saturated carbocycles. The summed E-state index contributed by atoms with van der Waals surface area (Å²) in [5.41, 5.74) is 0.0742. The van der Waals surface area contributed by atoms with Gasteiger partial charge in [0.1, 0.15) is 5.82 Å². The Morgan fingerprint density at radius 3 is 2.81 bits per heavy atom. The molecule has 0 atom stereocenters. The average Bonchev–Trinajstić information content (AvgIpc) is 2.73. The van der Waals surface area contributed by atoms with Gasteiger partial charge in [0.2, 0.25) is 0 Å². The monoisotopic (exact) mass is 238 g/mol. The number of hydrogen-bond acceptors (Lipinski definition) is 3. The summed E-state index contributed by atoms with van der Waals surface area (Å²) >= 11 is 5.96. The van der Waals surface area contributed by atoms with Crippen molar-refractivity contribution in [2.24, 2.45) is 0 Å². The van der Waals surface area contributed by atoms with Gasteiger partial charge in [-0.2, -0.15) is 0 Å². The highest BCUT2D eigenvalue weighted by atomic mass is 35.5. The predicted octanol–water partition coefficient (Wildman–Crippen LogP) is 2.56. The number of halogens is 1. The van der Waals surface area contributed by atoms with Crippen molar-refractivity contribution in [3.05, 3.63) is 35.0 Å². The number of nitrogens with one attached hydrogen (secondary N) is 1. The Morgan fingerprint density at radius 2 is 2.19 bits per heavy atom. The number of aromatic nitrogens is 1. The summed E-state index contributed by atoms with van der Waals surface area (Å²) in [6, 6.07) is 1.65. The average molecular weight is 239 g/mol. The second-order valence-electron chi connectivity index (χ2n) is 3.61. The minimum absolute atomic E-state index is 0.0742. The quantitative estimate of drug-likeness (QED) is 0.795. The van der Waals surface area contributed by atoms with Gasteiger partial charge in [-0.25, -0.2) is 9.78 Å². The Balaban J connectivity index is 2.20. The van der Waals surface area contributed by atoms with E-state index in [0.29, 0.717) is 5.82 Å². The molecule has 84 valence electrons. The summed E-state index contributed by atoms with van der Waals surface area (Å²) in [7, 11) is 0. The van der Waals surface area contributed by atoms with Crippen molar-refractivity contribution in [1.29, 1.82) is 0 Å². The van der Waals surface area contributed by atoms with E-state index >= 15 is 0 Å². The summed E-state index contributed by atoms with van der Waals surface area (Å²) in [5.74, 6) is -0.602. The van der Waals surface area contributed by atoms with E-state index in [1.807, 2.05) is 0 Å². The SMILES string of the molecule is O=C(O)c1ccnc(NC2CC=CC2)c1Cl. The van der Waals surface area contributed by atoms with Crippen LogP contribution in [0.15, 0.2) is 24.4 Å². The maximum atomic E-state index is 10.9. The van der Waals surface area contributed by atoms with Crippen molar-refractivity contribution in [1.82, 2.24) is 4.98 Å². The second kappa shape index (κ2) is 4.53. The van der Waals surface area contributed by atoms with E-state index in [4.69, 9.17) is 16.7 Å². The molecule has 5 heteroatoms.